The fourth-order valence-electron chi connectivity index (χ4n) is 2.26. The van der Waals surface area contributed by atoms with Gasteiger partial charge in [-0.1, -0.05) is 6.07 Å². The third kappa shape index (κ3) is 5.86. The van der Waals surface area contributed by atoms with E-state index in [1.807, 2.05) is 18.2 Å². The third-order valence-electron chi connectivity index (χ3n) is 3.58. The molecule has 6 nitrogen and oxygen atoms in total. The zero-order valence-electron chi connectivity index (χ0n) is 14.2. The monoisotopic (exact) mass is 628 g/mol. The van der Waals surface area contributed by atoms with Gasteiger partial charge in [-0.3, -0.25) is 4.79 Å². The van der Waals surface area contributed by atoms with Gasteiger partial charge in [0.1, 0.15) is 0 Å². The Hall–Kier alpha value is -1.27. The van der Waals surface area contributed by atoms with Crippen molar-refractivity contribution >= 4 is 59.7 Å². The third-order valence-corrected chi connectivity index (χ3v) is 5.10. The molecule has 1 atom stereocenters. The van der Waals surface area contributed by atoms with E-state index in [2.05, 4.69) is 46.9 Å². The number of halogens is 4. The van der Waals surface area contributed by atoms with Crippen LogP contribution in [0.3, 0.4) is 0 Å². The van der Waals surface area contributed by atoms with Gasteiger partial charge in [-0.05, 0) is 51.7 Å². The summed E-state index contributed by atoms with van der Waals surface area (Å²) in [5.74, 6) is 0. The minimum absolute atomic E-state index is 0.153. The molecule has 0 saturated heterocycles. The van der Waals surface area contributed by atoms with Crippen LogP contribution in [0.2, 0.25) is 0 Å². The number of hydrogen-bond donors (Lipinski definition) is 0. The molecule has 11 heteroatoms. The molecule has 0 aliphatic heterocycles. The van der Waals surface area contributed by atoms with Crippen LogP contribution in [-0.4, -0.2) is 30.3 Å². The van der Waals surface area contributed by atoms with Crippen molar-refractivity contribution in [3.8, 4) is 17.3 Å². The smallest absolute Gasteiger partial charge is 0.329 e. The molecule has 0 aliphatic rings. The van der Waals surface area contributed by atoms with Gasteiger partial charge in [-0.15, -0.1) is 9.24 Å². The lowest BCUT2D eigenvalue weighted by Crippen LogP contribution is -2.24. The summed E-state index contributed by atoms with van der Waals surface area (Å²) in [6.45, 7) is -0.501. The fraction of sp³-hybridized carbons (Fsp3) is 0.176. The van der Waals surface area contributed by atoms with E-state index < -0.39 is 10.5 Å². The molecule has 3 rings (SSSR count). The molecule has 1 unspecified atom stereocenters. The molecule has 0 bridgehead atoms. The minimum atomic E-state index is -3.00. The Morgan fingerprint density at radius 1 is 1.18 bits per heavy atom. The van der Waals surface area contributed by atoms with Gasteiger partial charge < -0.3 is 4.74 Å². The summed E-state index contributed by atoms with van der Waals surface area (Å²) in [4.78, 5) is 20.0. The van der Waals surface area contributed by atoms with Crippen LogP contribution >= 0.6 is 54.4 Å². The van der Waals surface area contributed by atoms with Gasteiger partial charge in [-0.2, -0.15) is 13.9 Å². The van der Waals surface area contributed by atoms with Crippen LogP contribution in [0.5, 0.6) is 6.01 Å². The molecule has 3 aromatic rings. The molecular formula is C17H13F2I2N4O2P. The molecule has 0 amide bonds. The van der Waals surface area contributed by atoms with E-state index in [0.29, 0.717) is 17.8 Å². The zero-order chi connectivity index (χ0) is 20.3. The largest absolute Gasteiger partial charge is 0.456 e. The number of rotatable bonds is 6. The Morgan fingerprint density at radius 3 is 2.54 bits per heavy atom. The van der Waals surface area contributed by atoms with Gasteiger partial charge in [0, 0.05) is 50.2 Å². The summed E-state index contributed by atoms with van der Waals surface area (Å²) >= 11 is 3.20. The van der Waals surface area contributed by atoms with E-state index in [1.54, 1.807) is 6.07 Å². The van der Waals surface area contributed by atoms with Crippen LogP contribution in [0.25, 0.3) is 11.3 Å². The lowest BCUT2D eigenvalue weighted by molar-refractivity contribution is 0.0603. The number of aromatic nitrogens is 4. The number of hydrogen-bond acceptors (Lipinski definition) is 5. The van der Waals surface area contributed by atoms with Crippen molar-refractivity contribution in [2.24, 2.45) is 0 Å². The van der Waals surface area contributed by atoms with Crippen molar-refractivity contribution in [2.45, 2.75) is 10.5 Å². The molecule has 0 fully saturated rings. The molecule has 0 radical (unpaired) electrons. The SMILES string of the molecule is O=c1ccc(-c2cnc(OCC(F)(F)I)nc2)nn1Cc1ccc(I)cc1P. The first-order valence-corrected chi connectivity index (χ1v) is 10.6. The summed E-state index contributed by atoms with van der Waals surface area (Å²) < 4.78 is 30.0. The standard InChI is InChI=1S/C17H13F2I2N4O2P/c18-17(19,21)9-27-16-22-6-11(7-23-16)13-3-4-15(26)25(24-13)8-10-1-2-12(20)5-14(10)28/h1-7H,8-9,28H2. The van der Waals surface area contributed by atoms with Gasteiger partial charge in [0.2, 0.25) is 0 Å². The molecule has 0 N–H and O–H groups in total. The number of alkyl halides is 3. The lowest BCUT2D eigenvalue weighted by Gasteiger charge is -2.10. The van der Waals surface area contributed by atoms with Crippen LogP contribution < -0.4 is 15.6 Å². The molecule has 2 aromatic heterocycles. The van der Waals surface area contributed by atoms with Gasteiger partial charge in [0.25, 0.3) is 5.56 Å². The van der Waals surface area contributed by atoms with Crippen molar-refractivity contribution in [3.63, 3.8) is 0 Å². The van der Waals surface area contributed by atoms with Gasteiger partial charge >= 0.3 is 9.94 Å². The van der Waals surface area contributed by atoms with E-state index in [0.717, 1.165) is 37.0 Å². The topological polar surface area (TPSA) is 69.9 Å². The second kappa shape index (κ2) is 9.04. The average molecular weight is 628 g/mol. The van der Waals surface area contributed by atoms with E-state index in [-0.39, 0.29) is 11.6 Å². The second-order valence-corrected chi connectivity index (χ2v) is 9.16. The van der Waals surface area contributed by atoms with Gasteiger partial charge in [0.15, 0.2) is 6.61 Å². The molecule has 146 valence electrons. The number of benzene rings is 1. The Balaban J connectivity index is 1.82. The summed E-state index contributed by atoms with van der Waals surface area (Å²) in [5, 5.41) is 5.36. The first-order chi connectivity index (χ1) is 13.2. The molecule has 1 aromatic carbocycles. The maximum Gasteiger partial charge on any atom is 0.329 e. The number of ether oxygens (including phenoxy) is 1. The normalized spacial score (nSPS) is 11.5. The summed E-state index contributed by atoms with van der Waals surface area (Å²) in [7, 11) is 2.66. The Labute approximate surface area is 188 Å². The maximum absolute atomic E-state index is 12.8. The van der Waals surface area contributed by atoms with Crippen molar-refractivity contribution in [1.29, 1.82) is 0 Å². The molecule has 2 heterocycles. The van der Waals surface area contributed by atoms with Crippen LogP contribution in [-0.2, 0) is 6.54 Å². The predicted octanol–water partition coefficient (Wildman–Crippen LogP) is 3.26. The highest BCUT2D eigenvalue weighted by Crippen LogP contribution is 2.23. The lowest BCUT2D eigenvalue weighted by atomic mass is 10.2. The van der Waals surface area contributed by atoms with E-state index in [1.165, 1.54) is 23.1 Å². The Kier molecular flexibility index (Phi) is 6.92. The van der Waals surface area contributed by atoms with Crippen molar-refractivity contribution in [1.82, 2.24) is 19.7 Å². The second-order valence-electron chi connectivity index (χ2n) is 5.72. The maximum atomic E-state index is 12.8. The summed E-state index contributed by atoms with van der Waals surface area (Å²) in [6.07, 6.45) is 2.83. The van der Waals surface area contributed by atoms with Crippen molar-refractivity contribution in [2.75, 3.05) is 6.61 Å². The summed E-state index contributed by atoms with van der Waals surface area (Å²) in [6, 6.07) is 8.74. The highest BCUT2D eigenvalue weighted by atomic mass is 127. The zero-order valence-corrected chi connectivity index (χ0v) is 19.6. The predicted molar refractivity (Wildman–Crippen MR) is 122 cm³/mol. The quantitative estimate of drug-likeness (QED) is 0.239. The highest BCUT2D eigenvalue weighted by molar-refractivity contribution is 14.1. The van der Waals surface area contributed by atoms with Crippen molar-refractivity contribution < 1.29 is 13.5 Å². The molecular weight excluding hydrogens is 615 g/mol. The first kappa shape index (κ1) is 21.4. The van der Waals surface area contributed by atoms with Crippen LogP contribution in [0.1, 0.15) is 5.56 Å². The first-order valence-electron chi connectivity index (χ1n) is 7.85. The van der Waals surface area contributed by atoms with Crippen molar-refractivity contribution in [3.05, 3.63) is 62.2 Å². The van der Waals surface area contributed by atoms with E-state index in [4.69, 9.17) is 4.74 Å². The molecule has 28 heavy (non-hydrogen) atoms. The molecule has 0 spiro atoms. The Morgan fingerprint density at radius 2 is 1.89 bits per heavy atom. The van der Waals surface area contributed by atoms with Crippen LogP contribution in [0, 0.1) is 3.57 Å². The highest BCUT2D eigenvalue weighted by Gasteiger charge is 2.25. The molecule has 0 saturated carbocycles. The van der Waals surface area contributed by atoms with Gasteiger partial charge in [-0.25, -0.2) is 14.6 Å². The number of nitrogens with zero attached hydrogens (tertiary/aromatic N) is 4. The fourth-order valence-corrected chi connectivity index (χ4v) is 3.63. The minimum Gasteiger partial charge on any atom is -0.456 e. The Bertz CT molecular complexity index is 1040. The van der Waals surface area contributed by atoms with E-state index >= 15 is 0 Å². The molecule has 0 aliphatic carbocycles. The summed E-state index contributed by atoms with van der Waals surface area (Å²) in [5.41, 5.74) is 1.74. The van der Waals surface area contributed by atoms with E-state index in [9.17, 15) is 13.6 Å². The van der Waals surface area contributed by atoms with Crippen LogP contribution in [0.4, 0.5) is 8.78 Å². The average Bonchev–Trinajstić information content (AvgIpc) is 2.64. The van der Waals surface area contributed by atoms with Gasteiger partial charge in [0.05, 0.1) is 12.2 Å². The van der Waals surface area contributed by atoms with Crippen LogP contribution in [0.15, 0.2) is 47.5 Å².